The molecule has 0 aliphatic carbocycles. The van der Waals surface area contributed by atoms with Gasteiger partial charge in [-0.15, -0.1) is 0 Å². The number of piperidine rings is 1. The summed E-state index contributed by atoms with van der Waals surface area (Å²) < 4.78 is 11.0. The maximum absolute atomic E-state index is 12.8. The van der Waals surface area contributed by atoms with Crippen molar-refractivity contribution in [3.63, 3.8) is 0 Å². The topological polar surface area (TPSA) is 97.5 Å². The van der Waals surface area contributed by atoms with Crippen LogP contribution in [0.1, 0.15) is 58.3 Å². The van der Waals surface area contributed by atoms with Crippen molar-refractivity contribution in [2.45, 2.75) is 58.0 Å². The summed E-state index contributed by atoms with van der Waals surface area (Å²) in [5.41, 5.74) is 0.0503. The molecule has 0 spiro atoms. The molecular formula is C21H29N3O4. The standard InChI is InChI=1S/C21H29N3O4/c1-21(2,3)27-20(26)17(8-7-14-9-11-22-12-10-14)19-23-18(24-28-19)15-5-4-6-16(25)13-15/h4-6,13-14,17,22,25H,7-12H2,1-3H3. The summed E-state index contributed by atoms with van der Waals surface area (Å²) in [6, 6.07) is 6.63. The summed E-state index contributed by atoms with van der Waals surface area (Å²) in [6.07, 6.45) is 3.75. The van der Waals surface area contributed by atoms with Crippen molar-refractivity contribution < 1.29 is 19.2 Å². The molecule has 7 nitrogen and oxygen atoms in total. The zero-order valence-electron chi connectivity index (χ0n) is 16.8. The van der Waals surface area contributed by atoms with E-state index in [-0.39, 0.29) is 17.6 Å². The molecule has 0 amide bonds. The Bertz CT molecular complexity index is 791. The Kier molecular flexibility index (Phi) is 6.34. The number of nitrogens with one attached hydrogen (secondary N) is 1. The van der Waals surface area contributed by atoms with E-state index in [1.165, 1.54) is 0 Å². The Hall–Kier alpha value is -2.41. The lowest BCUT2D eigenvalue weighted by Crippen LogP contribution is -2.30. The zero-order chi connectivity index (χ0) is 20.1. The van der Waals surface area contributed by atoms with Crippen molar-refractivity contribution in [1.29, 1.82) is 0 Å². The molecule has 2 aromatic rings. The van der Waals surface area contributed by atoms with Crippen molar-refractivity contribution in [2.24, 2.45) is 5.92 Å². The van der Waals surface area contributed by atoms with Gasteiger partial charge in [0.2, 0.25) is 11.7 Å². The van der Waals surface area contributed by atoms with E-state index in [1.54, 1.807) is 24.3 Å². The van der Waals surface area contributed by atoms with E-state index in [4.69, 9.17) is 9.26 Å². The van der Waals surface area contributed by atoms with Crippen LogP contribution in [0.5, 0.6) is 5.75 Å². The summed E-state index contributed by atoms with van der Waals surface area (Å²) in [5.74, 6) is 0.390. The normalized spacial score (nSPS) is 16.7. The number of carbonyl (C=O) groups excluding carboxylic acids is 1. The molecule has 7 heteroatoms. The second-order valence-corrected chi connectivity index (χ2v) is 8.36. The number of carbonyl (C=O) groups is 1. The van der Waals surface area contributed by atoms with E-state index in [2.05, 4.69) is 15.5 Å². The lowest BCUT2D eigenvalue weighted by molar-refractivity contribution is -0.157. The highest BCUT2D eigenvalue weighted by molar-refractivity contribution is 5.77. The van der Waals surface area contributed by atoms with Crippen LogP contribution in [0.4, 0.5) is 0 Å². The van der Waals surface area contributed by atoms with E-state index in [0.717, 1.165) is 32.4 Å². The van der Waals surface area contributed by atoms with E-state index < -0.39 is 11.5 Å². The second kappa shape index (κ2) is 8.73. The Balaban J connectivity index is 1.78. The highest BCUT2D eigenvalue weighted by Gasteiger charge is 2.32. The van der Waals surface area contributed by atoms with Crippen molar-refractivity contribution in [2.75, 3.05) is 13.1 Å². The molecule has 1 unspecified atom stereocenters. The number of aromatic hydroxyl groups is 1. The number of phenolic OH excluding ortho intramolecular Hbond substituents is 1. The Morgan fingerprint density at radius 1 is 1.36 bits per heavy atom. The molecule has 1 aromatic heterocycles. The van der Waals surface area contributed by atoms with Gasteiger partial charge >= 0.3 is 5.97 Å². The number of phenols is 1. The minimum absolute atomic E-state index is 0.124. The molecule has 0 radical (unpaired) electrons. The van der Waals surface area contributed by atoms with E-state index in [9.17, 15) is 9.90 Å². The summed E-state index contributed by atoms with van der Waals surface area (Å²) in [7, 11) is 0. The number of aromatic nitrogens is 2. The molecule has 2 heterocycles. The lowest BCUT2D eigenvalue weighted by atomic mass is 9.89. The second-order valence-electron chi connectivity index (χ2n) is 8.36. The Labute approximate surface area is 165 Å². The van der Waals surface area contributed by atoms with Gasteiger partial charge in [0.05, 0.1) is 0 Å². The third-order valence-electron chi connectivity index (χ3n) is 4.86. The van der Waals surface area contributed by atoms with Gasteiger partial charge in [-0.3, -0.25) is 4.79 Å². The Morgan fingerprint density at radius 3 is 2.79 bits per heavy atom. The van der Waals surface area contributed by atoms with Gasteiger partial charge in [-0.2, -0.15) is 4.98 Å². The van der Waals surface area contributed by atoms with Crippen LogP contribution in [-0.4, -0.2) is 39.9 Å². The maximum atomic E-state index is 12.8. The van der Waals surface area contributed by atoms with Gasteiger partial charge in [0.25, 0.3) is 0 Å². The molecule has 1 fully saturated rings. The smallest absolute Gasteiger partial charge is 0.319 e. The third-order valence-corrected chi connectivity index (χ3v) is 4.86. The summed E-state index contributed by atoms with van der Waals surface area (Å²) in [5, 5.41) is 17.0. The first kappa shape index (κ1) is 20.3. The highest BCUT2D eigenvalue weighted by Crippen LogP contribution is 2.30. The first-order valence-electron chi connectivity index (χ1n) is 9.88. The van der Waals surface area contributed by atoms with Crippen LogP contribution in [0.2, 0.25) is 0 Å². The maximum Gasteiger partial charge on any atom is 0.319 e. The van der Waals surface area contributed by atoms with Crippen molar-refractivity contribution >= 4 is 5.97 Å². The molecule has 0 bridgehead atoms. The summed E-state index contributed by atoms with van der Waals surface area (Å²) in [4.78, 5) is 17.3. The van der Waals surface area contributed by atoms with Crippen LogP contribution in [0, 0.1) is 5.92 Å². The minimum atomic E-state index is -0.590. The van der Waals surface area contributed by atoms with Crippen molar-refractivity contribution in [1.82, 2.24) is 15.5 Å². The number of hydrogen-bond acceptors (Lipinski definition) is 7. The number of esters is 1. The quantitative estimate of drug-likeness (QED) is 0.730. The van der Waals surface area contributed by atoms with Crippen LogP contribution in [0.3, 0.4) is 0 Å². The molecule has 152 valence electrons. The molecule has 0 saturated carbocycles. The van der Waals surface area contributed by atoms with Gasteiger partial charge in [0, 0.05) is 5.56 Å². The first-order chi connectivity index (χ1) is 13.3. The van der Waals surface area contributed by atoms with Gasteiger partial charge < -0.3 is 19.7 Å². The predicted octanol–water partition coefficient (Wildman–Crippen LogP) is 3.65. The fourth-order valence-electron chi connectivity index (χ4n) is 3.43. The van der Waals surface area contributed by atoms with Gasteiger partial charge in [-0.25, -0.2) is 0 Å². The lowest BCUT2D eigenvalue weighted by Gasteiger charge is -2.25. The Morgan fingerprint density at radius 2 is 2.11 bits per heavy atom. The van der Waals surface area contributed by atoms with E-state index >= 15 is 0 Å². The largest absolute Gasteiger partial charge is 0.508 e. The zero-order valence-corrected chi connectivity index (χ0v) is 16.8. The van der Waals surface area contributed by atoms with E-state index in [1.807, 2.05) is 20.8 Å². The van der Waals surface area contributed by atoms with Crippen LogP contribution in [-0.2, 0) is 9.53 Å². The number of nitrogens with zero attached hydrogens (tertiary/aromatic N) is 2. The van der Waals surface area contributed by atoms with Crippen LogP contribution >= 0.6 is 0 Å². The first-order valence-corrected chi connectivity index (χ1v) is 9.88. The monoisotopic (exact) mass is 387 g/mol. The molecule has 28 heavy (non-hydrogen) atoms. The van der Waals surface area contributed by atoms with Crippen LogP contribution in [0.25, 0.3) is 11.4 Å². The number of ether oxygens (including phenoxy) is 1. The minimum Gasteiger partial charge on any atom is -0.508 e. The molecule has 3 rings (SSSR count). The molecule has 1 aliphatic heterocycles. The van der Waals surface area contributed by atoms with Gasteiger partial charge in [-0.1, -0.05) is 17.3 Å². The number of hydrogen-bond donors (Lipinski definition) is 2. The number of rotatable bonds is 6. The summed E-state index contributed by atoms with van der Waals surface area (Å²) in [6.45, 7) is 7.58. The predicted molar refractivity (Wildman–Crippen MR) is 105 cm³/mol. The summed E-state index contributed by atoms with van der Waals surface area (Å²) >= 11 is 0. The number of benzene rings is 1. The average molecular weight is 387 g/mol. The molecule has 1 aromatic carbocycles. The molecular weight excluding hydrogens is 358 g/mol. The third kappa shape index (κ3) is 5.55. The van der Waals surface area contributed by atoms with Gasteiger partial charge in [0.15, 0.2) is 0 Å². The van der Waals surface area contributed by atoms with Crippen LogP contribution in [0.15, 0.2) is 28.8 Å². The molecule has 1 atom stereocenters. The fraction of sp³-hybridized carbons (Fsp3) is 0.571. The SMILES string of the molecule is CC(C)(C)OC(=O)C(CCC1CCNCC1)c1nc(-c2cccc(O)c2)no1. The average Bonchev–Trinajstić information content (AvgIpc) is 3.11. The van der Waals surface area contributed by atoms with Gasteiger partial charge in [-0.05, 0) is 77.6 Å². The molecule has 2 N–H and O–H groups in total. The van der Waals surface area contributed by atoms with Crippen molar-refractivity contribution in [3.8, 4) is 17.1 Å². The molecule has 1 aliphatic rings. The van der Waals surface area contributed by atoms with E-state index in [0.29, 0.717) is 23.7 Å². The van der Waals surface area contributed by atoms with Crippen molar-refractivity contribution in [3.05, 3.63) is 30.2 Å². The fourth-order valence-corrected chi connectivity index (χ4v) is 3.43. The highest BCUT2D eigenvalue weighted by atomic mass is 16.6. The molecule has 1 saturated heterocycles. The van der Waals surface area contributed by atoms with Gasteiger partial charge in [0.1, 0.15) is 17.3 Å². The van der Waals surface area contributed by atoms with Crippen LogP contribution < -0.4 is 5.32 Å².